The molecule has 0 fully saturated rings. The van der Waals surface area contributed by atoms with Crippen LogP contribution in [-0.4, -0.2) is 11.2 Å². The minimum Gasteiger partial charge on any atom is -0.321 e. The summed E-state index contributed by atoms with van der Waals surface area (Å²) in [6, 6.07) is 16.6. The lowest BCUT2D eigenvalue weighted by Crippen LogP contribution is -2.11. The average molecular weight is 283 g/mol. The van der Waals surface area contributed by atoms with E-state index in [0.717, 1.165) is 16.6 Å². The van der Waals surface area contributed by atoms with Crippen LogP contribution in [0.1, 0.15) is 5.56 Å². The molecule has 0 aliphatic heterocycles. The van der Waals surface area contributed by atoms with Crippen LogP contribution in [0.5, 0.6) is 0 Å². The molecule has 98 valence electrons. The third-order valence-corrected chi connectivity index (χ3v) is 3.21. The Morgan fingerprint density at radius 2 is 1.80 bits per heavy atom. The van der Waals surface area contributed by atoms with Crippen LogP contribution in [-0.2, 0) is 0 Å². The van der Waals surface area contributed by atoms with Gasteiger partial charge in [-0.2, -0.15) is 0 Å². The van der Waals surface area contributed by atoms with Crippen LogP contribution in [0, 0.1) is 0 Å². The van der Waals surface area contributed by atoms with Crippen LogP contribution in [0.25, 0.3) is 10.9 Å². The monoisotopic (exact) mass is 282 g/mol. The molecule has 1 N–H and O–H groups in total. The molecular formula is C16H11ClN2O. The van der Waals surface area contributed by atoms with Crippen LogP contribution >= 0.6 is 11.6 Å². The van der Waals surface area contributed by atoms with E-state index in [1.165, 1.54) is 0 Å². The Balaban J connectivity index is 2.00. The molecule has 4 heteroatoms. The number of aromatic amines is 1. The van der Waals surface area contributed by atoms with Crippen LogP contribution in [0.15, 0.2) is 64.4 Å². The Bertz CT molecular complexity index is 835. The van der Waals surface area contributed by atoms with E-state index in [4.69, 9.17) is 11.6 Å². The number of pyridine rings is 1. The fourth-order valence-electron chi connectivity index (χ4n) is 1.93. The summed E-state index contributed by atoms with van der Waals surface area (Å²) in [6.45, 7) is 0. The Labute approximate surface area is 120 Å². The number of nitrogens with one attached hydrogen (secondary N) is 1. The molecule has 0 atom stereocenters. The van der Waals surface area contributed by atoms with Gasteiger partial charge in [-0.3, -0.25) is 9.79 Å². The van der Waals surface area contributed by atoms with E-state index in [9.17, 15) is 4.79 Å². The summed E-state index contributed by atoms with van der Waals surface area (Å²) >= 11 is 5.81. The van der Waals surface area contributed by atoms with Gasteiger partial charge in [0, 0.05) is 16.8 Å². The number of aliphatic imine (C=N–C) groups is 1. The van der Waals surface area contributed by atoms with Crippen molar-refractivity contribution in [3.63, 3.8) is 0 Å². The van der Waals surface area contributed by atoms with Crippen molar-refractivity contribution in [3.05, 3.63) is 75.5 Å². The molecule has 0 amide bonds. The first-order chi connectivity index (χ1) is 9.72. The van der Waals surface area contributed by atoms with Gasteiger partial charge in [0.2, 0.25) is 0 Å². The molecule has 3 rings (SSSR count). The Hall–Kier alpha value is -2.39. The molecule has 1 heterocycles. The molecule has 3 aromatic rings. The van der Waals surface area contributed by atoms with Gasteiger partial charge in [-0.25, -0.2) is 0 Å². The zero-order valence-electron chi connectivity index (χ0n) is 10.5. The number of rotatable bonds is 2. The summed E-state index contributed by atoms with van der Waals surface area (Å²) in [6.07, 6.45) is 1.56. The van der Waals surface area contributed by atoms with Gasteiger partial charge in [-0.1, -0.05) is 29.8 Å². The molecule has 20 heavy (non-hydrogen) atoms. The predicted molar refractivity (Wildman–Crippen MR) is 83.3 cm³/mol. The minimum atomic E-state index is -0.151. The zero-order chi connectivity index (χ0) is 13.9. The lowest BCUT2D eigenvalue weighted by molar-refractivity contribution is 1.29. The standard InChI is InChI=1S/C16H11ClN2O/c17-13-5-7-14(8-6-13)18-10-12-9-11-3-1-2-4-15(11)19-16(12)20/h1-10H,(H,19,20). The molecule has 3 nitrogen and oxygen atoms in total. The minimum absolute atomic E-state index is 0.151. The fraction of sp³-hybridized carbons (Fsp3) is 0. The van der Waals surface area contributed by atoms with Crippen molar-refractivity contribution in [3.8, 4) is 0 Å². The van der Waals surface area contributed by atoms with E-state index in [1.807, 2.05) is 30.3 Å². The van der Waals surface area contributed by atoms with Crippen LogP contribution in [0.2, 0.25) is 5.02 Å². The first kappa shape index (κ1) is 12.6. The maximum atomic E-state index is 11.9. The van der Waals surface area contributed by atoms with Gasteiger partial charge in [0.1, 0.15) is 0 Å². The molecule has 0 saturated carbocycles. The third kappa shape index (κ3) is 2.63. The summed E-state index contributed by atoms with van der Waals surface area (Å²) in [5.41, 5.74) is 1.95. The van der Waals surface area contributed by atoms with E-state index >= 15 is 0 Å². The Morgan fingerprint density at radius 1 is 1.05 bits per heavy atom. The van der Waals surface area contributed by atoms with Gasteiger partial charge >= 0.3 is 0 Å². The number of fused-ring (bicyclic) bond motifs is 1. The highest BCUT2D eigenvalue weighted by molar-refractivity contribution is 6.30. The molecule has 0 spiro atoms. The van der Waals surface area contributed by atoms with Gasteiger partial charge in [-0.05, 0) is 41.8 Å². The van der Waals surface area contributed by atoms with E-state index in [-0.39, 0.29) is 5.56 Å². The van der Waals surface area contributed by atoms with Crippen molar-refractivity contribution >= 4 is 34.4 Å². The van der Waals surface area contributed by atoms with E-state index in [2.05, 4.69) is 9.98 Å². The molecule has 0 unspecified atom stereocenters. The second-order valence-electron chi connectivity index (χ2n) is 4.38. The number of aromatic nitrogens is 1. The first-order valence-corrected chi connectivity index (χ1v) is 6.52. The number of halogens is 1. The largest absolute Gasteiger partial charge is 0.321 e. The number of benzene rings is 2. The van der Waals surface area contributed by atoms with E-state index in [1.54, 1.807) is 30.5 Å². The molecule has 2 aromatic carbocycles. The summed E-state index contributed by atoms with van der Waals surface area (Å²) in [7, 11) is 0. The summed E-state index contributed by atoms with van der Waals surface area (Å²) in [5, 5.41) is 1.64. The predicted octanol–water partition coefficient (Wildman–Crippen LogP) is 3.93. The topological polar surface area (TPSA) is 45.2 Å². The molecule has 0 saturated heterocycles. The first-order valence-electron chi connectivity index (χ1n) is 6.14. The van der Waals surface area contributed by atoms with Crippen molar-refractivity contribution in [1.29, 1.82) is 0 Å². The number of hydrogen-bond donors (Lipinski definition) is 1. The fourth-order valence-corrected chi connectivity index (χ4v) is 2.06. The van der Waals surface area contributed by atoms with E-state index in [0.29, 0.717) is 10.6 Å². The Morgan fingerprint density at radius 3 is 2.60 bits per heavy atom. The highest BCUT2D eigenvalue weighted by atomic mass is 35.5. The molecule has 1 aromatic heterocycles. The molecule has 0 aliphatic rings. The number of nitrogens with zero attached hydrogens (tertiary/aromatic N) is 1. The van der Waals surface area contributed by atoms with Crippen molar-refractivity contribution in [1.82, 2.24) is 4.98 Å². The van der Waals surface area contributed by atoms with Gasteiger partial charge in [-0.15, -0.1) is 0 Å². The van der Waals surface area contributed by atoms with Gasteiger partial charge in [0.25, 0.3) is 5.56 Å². The van der Waals surface area contributed by atoms with Crippen molar-refractivity contribution in [2.24, 2.45) is 4.99 Å². The molecule has 0 bridgehead atoms. The normalized spacial score (nSPS) is 11.2. The quantitative estimate of drug-likeness (QED) is 0.711. The number of hydrogen-bond acceptors (Lipinski definition) is 2. The second kappa shape index (κ2) is 5.31. The third-order valence-electron chi connectivity index (χ3n) is 2.96. The maximum Gasteiger partial charge on any atom is 0.257 e. The average Bonchev–Trinajstić information content (AvgIpc) is 2.47. The van der Waals surface area contributed by atoms with Crippen molar-refractivity contribution in [2.75, 3.05) is 0 Å². The summed E-state index contributed by atoms with van der Waals surface area (Å²) < 4.78 is 0. The lowest BCUT2D eigenvalue weighted by atomic mass is 10.2. The van der Waals surface area contributed by atoms with Gasteiger partial charge in [0.05, 0.1) is 11.3 Å². The highest BCUT2D eigenvalue weighted by Gasteiger charge is 1.99. The molecular weight excluding hydrogens is 272 g/mol. The summed E-state index contributed by atoms with van der Waals surface area (Å²) in [4.78, 5) is 19.1. The molecule has 0 aliphatic carbocycles. The Kier molecular flexibility index (Phi) is 3.35. The molecule has 0 radical (unpaired) electrons. The highest BCUT2D eigenvalue weighted by Crippen LogP contribution is 2.16. The maximum absolute atomic E-state index is 11.9. The number of para-hydroxylation sites is 1. The number of H-pyrrole nitrogens is 1. The zero-order valence-corrected chi connectivity index (χ0v) is 11.3. The van der Waals surface area contributed by atoms with Crippen molar-refractivity contribution < 1.29 is 0 Å². The summed E-state index contributed by atoms with van der Waals surface area (Å²) in [5.74, 6) is 0. The van der Waals surface area contributed by atoms with Gasteiger partial charge in [0.15, 0.2) is 0 Å². The van der Waals surface area contributed by atoms with E-state index < -0.39 is 0 Å². The SMILES string of the molecule is O=c1[nH]c2ccccc2cc1C=Nc1ccc(Cl)cc1. The van der Waals surface area contributed by atoms with Crippen LogP contribution in [0.4, 0.5) is 5.69 Å². The lowest BCUT2D eigenvalue weighted by Gasteiger charge is -1.99. The van der Waals surface area contributed by atoms with Crippen LogP contribution < -0.4 is 5.56 Å². The second-order valence-corrected chi connectivity index (χ2v) is 4.81. The van der Waals surface area contributed by atoms with Gasteiger partial charge < -0.3 is 4.98 Å². The van der Waals surface area contributed by atoms with Crippen molar-refractivity contribution in [2.45, 2.75) is 0 Å². The van der Waals surface area contributed by atoms with Crippen LogP contribution in [0.3, 0.4) is 0 Å². The smallest absolute Gasteiger partial charge is 0.257 e.